The van der Waals surface area contributed by atoms with E-state index in [4.69, 9.17) is 5.73 Å². The lowest BCUT2D eigenvalue weighted by Gasteiger charge is -2.32. The number of rotatable bonds is 2. The van der Waals surface area contributed by atoms with Crippen LogP contribution in [0.1, 0.15) is 34.9 Å². The lowest BCUT2D eigenvalue weighted by Crippen LogP contribution is -2.23. The van der Waals surface area contributed by atoms with Crippen molar-refractivity contribution in [3.8, 4) is 17.2 Å². The van der Waals surface area contributed by atoms with Gasteiger partial charge in [-0.05, 0) is 60.5 Å². The zero-order valence-corrected chi connectivity index (χ0v) is 11.7. The molecular weight excluding hydrogens is 266 g/mol. The maximum Gasteiger partial charge on any atom is 0.160 e. The number of phenolic OH excluding ortho intramolecular Hbond substituents is 3. The molecule has 0 amide bonds. The fourth-order valence-corrected chi connectivity index (χ4v) is 3.29. The van der Waals surface area contributed by atoms with Crippen molar-refractivity contribution >= 4 is 0 Å². The normalized spacial score (nSPS) is 21.0. The van der Waals surface area contributed by atoms with Crippen molar-refractivity contribution in [1.82, 2.24) is 0 Å². The van der Waals surface area contributed by atoms with Gasteiger partial charge in [0.2, 0.25) is 0 Å². The standard InChI is InChI=1S/C17H19NO3/c18-9-12-6-11(10-2-1-3-13(19)7-10)8-15-14(12)4-5-16(20)17(15)21/h1-5,7,11-12,19-21H,6,8-9,18H2. The van der Waals surface area contributed by atoms with Gasteiger partial charge in [-0.25, -0.2) is 0 Å². The molecule has 2 aromatic rings. The minimum Gasteiger partial charge on any atom is -0.508 e. The Hall–Kier alpha value is -2.20. The summed E-state index contributed by atoms with van der Waals surface area (Å²) in [5, 5.41) is 29.5. The van der Waals surface area contributed by atoms with Crippen LogP contribution in [0.4, 0.5) is 0 Å². The van der Waals surface area contributed by atoms with Crippen LogP contribution in [0.5, 0.6) is 17.2 Å². The molecule has 0 saturated heterocycles. The van der Waals surface area contributed by atoms with Crippen LogP contribution in [-0.2, 0) is 6.42 Å². The molecule has 0 radical (unpaired) electrons. The maximum atomic E-state index is 10.1. The number of hydrogen-bond donors (Lipinski definition) is 4. The van der Waals surface area contributed by atoms with E-state index in [-0.39, 0.29) is 29.1 Å². The summed E-state index contributed by atoms with van der Waals surface area (Å²) in [6.07, 6.45) is 1.51. The summed E-state index contributed by atoms with van der Waals surface area (Å²) in [6, 6.07) is 10.6. The summed E-state index contributed by atoms with van der Waals surface area (Å²) < 4.78 is 0. The van der Waals surface area contributed by atoms with Crippen molar-refractivity contribution in [2.75, 3.05) is 6.54 Å². The first kappa shape index (κ1) is 13.8. The molecule has 3 rings (SSSR count). The van der Waals surface area contributed by atoms with Crippen LogP contribution in [0, 0.1) is 0 Å². The molecule has 0 fully saturated rings. The van der Waals surface area contributed by atoms with Crippen LogP contribution in [0.15, 0.2) is 36.4 Å². The SMILES string of the molecule is NCC1CC(c2cccc(O)c2)Cc2c1ccc(O)c2O. The van der Waals surface area contributed by atoms with Gasteiger partial charge in [0.25, 0.3) is 0 Å². The van der Waals surface area contributed by atoms with E-state index in [1.165, 1.54) is 6.07 Å². The Labute approximate surface area is 123 Å². The molecule has 2 unspecified atom stereocenters. The summed E-state index contributed by atoms with van der Waals surface area (Å²) >= 11 is 0. The Balaban J connectivity index is 2.03. The first-order chi connectivity index (χ1) is 10.1. The second-order valence-corrected chi connectivity index (χ2v) is 5.67. The van der Waals surface area contributed by atoms with Gasteiger partial charge in [-0.2, -0.15) is 0 Å². The van der Waals surface area contributed by atoms with E-state index in [1.807, 2.05) is 18.2 Å². The van der Waals surface area contributed by atoms with E-state index in [1.54, 1.807) is 12.1 Å². The van der Waals surface area contributed by atoms with Crippen molar-refractivity contribution in [3.63, 3.8) is 0 Å². The molecule has 0 bridgehead atoms. The van der Waals surface area contributed by atoms with Crippen molar-refractivity contribution in [2.24, 2.45) is 5.73 Å². The molecule has 21 heavy (non-hydrogen) atoms. The van der Waals surface area contributed by atoms with Gasteiger partial charge in [0.15, 0.2) is 11.5 Å². The minimum atomic E-state index is -0.0962. The van der Waals surface area contributed by atoms with Crippen LogP contribution >= 0.6 is 0 Å². The number of aromatic hydroxyl groups is 3. The minimum absolute atomic E-state index is 0.0456. The monoisotopic (exact) mass is 285 g/mol. The van der Waals surface area contributed by atoms with E-state index in [0.29, 0.717) is 13.0 Å². The smallest absolute Gasteiger partial charge is 0.160 e. The van der Waals surface area contributed by atoms with E-state index in [2.05, 4.69) is 0 Å². The maximum absolute atomic E-state index is 10.1. The highest BCUT2D eigenvalue weighted by molar-refractivity contribution is 5.52. The average Bonchev–Trinajstić information content (AvgIpc) is 2.50. The zero-order valence-electron chi connectivity index (χ0n) is 11.7. The molecule has 4 nitrogen and oxygen atoms in total. The molecule has 0 heterocycles. The van der Waals surface area contributed by atoms with Gasteiger partial charge in [-0.3, -0.25) is 0 Å². The van der Waals surface area contributed by atoms with Crippen LogP contribution < -0.4 is 5.73 Å². The molecule has 0 saturated carbocycles. The third kappa shape index (κ3) is 2.43. The van der Waals surface area contributed by atoms with Crippen molar-refractivity contribution in [1.29, 1.82) is 0 Å². The molecule has 110 valence electrons. The van der Waals surface area contributed by atoms with Crippen LogP contribution in [0.2, 0.25) is 0 Å². The quantitative estimate of drug-likeness (QED) is 0.639. The van der Waals surface area contributed by atoms with E-state index in [0.717, 1.165) is 23.1 Å². The number of phenols is 3. The van der Waals surface area contributed by atoms with Gasteiger partial charge in [0.05, 0.1) is 0 Å². The highest BCUT2D eigenvalue weighted by Crippen LogP contribution is 2.45. The first-order valence-electron chi connectivity index (χ1n) is 7.13. The third-order valence-corrected chi connectivity index (χ3v) is 4.38. The lowest BCUT2D eigenvalue weighted by molar-refractivity contribution is 0.388. The molecule has 4 heteroatoms. The van der Waals surface area contributed by atoms with Crippen molar-refractivity contribution < 1.29 is 15.3 Å². The number of fused-ring (bicyclic) bond motifs is 1. The molecule has 5 N–H and O–H groups in total. The predicted octanol–water partition coefficient (Wildman–Crippen LogP) is 2.58. The predicted molar refractivity (Wildman–Crippen MR) is 80.7 cm³/mol. The second kappa shape index (κ2) is 5.30. The fourth-order valence-electron chi connectivity index (χ4n) is 3.29. The van der Waals surface area contributed by atoms with Crippen LogP contribution in [-0.4, -0.2) is 21.9 Å². The van der Waals surface area contributed by atoms with E-state index in [9.17, 15) is 15.3 Å². The van der Waals surface area contributed by atoms with Gasteiger partial charge < -0.3 is 21.1 Å². The van der Waals surface area contributed by atoms with Crippen LogP contribution in [0.3, 0.4) is 0 Å². The molecule has 1 aliphatic carbocycles. The summed E-state index contributed by atoms with van der Waals surface area (Å²) in [6.45, 7) is 0.493. The molecular formula is C17H19NO3. The fraction of sp³-hybridized carbons (Fsp3) is 0.294. The summed E-state index contributed by atoms with van der Waals surface area (Å²) in [5.41, 5.74) is 8.70. The zero-order chi connectivity index (χ0) is 15.0. The van der Waals surface area contributed by atoms with Crippen molar-refractivity contribution in [3.05, 3.63) is 53.1 Å². The third-order valence-electron chi connectivity index (χ3n) is 4.38. The highest BCUT2D eigenvalue weighted by atomic mass is 16.3. The topological polar surface area (TPSA) is 86.7 Å². The Kier molecular flexibility index (Phi) is 3.47. The Morgan fingerprint density at radius 1 is 1.10 bits per heavy atom. The number of hydrogen-bond acceptors (Lipinski definition) is 4. The molecule has 0 spiro atoms. The van der Waals surface area contributed by atoms with E-state index >= 15 is 0 Å². The average molecular weight is 285 g/mol. The van der Waals surface area contributed by atoms with Gasteiger partial charge in [0, 0.05) is 5.56 Å². The largest absolute Gasteiger partial charge is 0.508 e. The number of nitrogens with two attached hydrogens (primary N) is 1. The van der Waals surface area contributed by atoms with Crippen molar-refractivity contribution in [2.45, 2.75) is 24.7 Å². The number of benzene rings is 2. The molecule has 0 aromatic heterocycles. The molecule has 1 aliphatic rings. The Bertz CT molecular complexity index is 669. The lowest BCUT2D eigenvalue weighted by atomic mass is 9.74. The van der Waals surface area contributed by atoms with Gasteiger partial charge >= 0.3 is 0 Å². The Morgan fingerprint density at radius 3 is 2.62 bits per heavy atom. The molecule has 2 aromatic carbocycles. The second-order valence-electron chi connectivity index (χ2n) is 5.67. The van der Waals surface area contributed by atoms with Gasteiger partial charge in [0.1, 0.15) is 5.75 Å². The molecule has 0 aliphatic heterocycles. The highest BCUT2D eigenvalue weighted by Gasteiger charge is 2.30. The van der Waals surface area contributed by atoms with Gasteiger partial charge in [-0.1, -0.05) is 18.2 Å². The van der Waals surface area contributed by atoms with E-state index < -0.39 is 0 Å². The Morgan fingerprint density at radius 2 is 1.90 bits per heavy atom. The molecule has 2 atom stereocenters. The first-order valence-corrected chi connectivity index (χ1v) is 7.13. The van der Waals surface area contributed by atoms with Crippen LogP contribution in [0.25, 0.3) is 0 Å². The summed E-state index contributed by atoms with van der Waals surface area (Å²) in [7, 11) is 0. The summed E-state index contributed by atoms with van der Waals surface area (Å²) in [4.78, 5) is 0. The van der Waals surface area contributed by atoms with Gasteiger partial charge in [-0.15, -0.1) is 0 Å². The summed E-state index contributed by atoms with van der Waals surface area (Å²) in [5.74, 6) is 0.415.